The minimum Gasteiger partial charge on any atom is -0.354 e. The molecule has 1 atom stereocenters. The summed E-state index contributed by atoms with van der Waals surface area (Å²) in [7, 11) is -3.30. The van der Waals surface area contributed by atoms with E-state index in [9.17, 15) is 13.2 Å². The van der Waals surface area contributed by atoms with Crippen molar-refractivity contribution in [3.8, 4) is 0 Å². The van der Waals surface area contributed by atoms with E-state index in [1.807, 2.05) is 17.5 Å². The molecular weight excluding hydrogens is 370 g/mol. The van der Waals surface area contributed by atoms with Crippen molar-refractivity contribution in [2.24, 2.45) is 5.73 Å². The van der Waals surface area contributed by atoms with Crippen molar-refractivity contribution in [1.82, 2.24) is 9.62 Å². The number of aryl methyl sites for hydroxylation is 1. The predicted octanol–water partition coefficient (Wildman–Crippen LogP) is 1.36. The Kier molecular flexibility index (Phi) is 9.22. The zero-order valence-electron chi connectivity index (χ0n) is 13.6. The molecule has 138 valence electrons. The summed E-state index contributed by atoms with van der Waals surface area (Å²) in [6.07, 6.45) is 3.49. The van der Waals surface area contributed by atoms with Crippen molar-refractivity contribution in [1.29, 1.82) is 0 Å². The van der Waals surface area contributed by atoms with Gasteiger partial charge in [0.05, 0.1) is 5.75 Å². The average molecular weight is 396 g/mol. The fourth-order valence-corrected chi connectivity index (χ4v) is 5.39. The van der Waals surface area contributed by atoms with Gasteiger partial charge in [0, 0.05) is 37.0 Å². The zero-order chi connectivity index (χ0) is 16.7. The second-order valence-electron chi connectivity index (χ2n) is 5.75. The van der Waals surface area contributed by atoms with Gasteiger partial charge in [-0.1, -0.05) is 12.5 Å². The molecule has 0 radical (unpaired) electrons. The number of sulfonamides is 1. The number of nitrogens with one attached hydrogen (secondary N) is 1. The summed E-state index contributed by atoms with van der Waals surface area (Å²) >= 11 is 1.58. The number of nitrogens with zero attached hydrogens (tertiary/aromatic N) is 1. The smallest absolute Gasteiger partial charge is 0.221 e. The average Bonchev–Trinajstić information content (AvgIpc) is 3.05. The van der Waals surface area contributed by atoms with Crippen LogP contribution in [0.15, 0.2) is 17.5 Å². The summed E-state index contributed by atoms with van der Waals surface area (Å²) in [6.45, 7) is 1.22. The zero-order valence-corrected chi connectivity index (χ0v) is 16.1. The third kappa shape index (κ3) is 6.33. The molecule has 9 heteroatoms. The van der Waals surface area contributed by atoms with Gasteiger partial charge in [-0.3, -0.25) is 4.79 Å². The fraction of sp³-hybridized carbons (Fsp3) is 0.667. The van der Waals surface area contributed by atoms with E-state index in [0.717, 1.165) is 24.1 Å². The van der Waals surface area contributed by atoms with Crippen LogP contribution in [0.3, 0.4) is 0 Å². The maximum absolute atomic E-state index is 12.7. The maximum atomic E-state index is 12.7. The third-order valence-electron chi connectivity index (χ3n) is 4.02. The van der Waals surface area contributed by atoms with Crippen molar-refractivity contribution in [3.05, 3.63) is 22.4 Å². The third-order valence-corrected chi connectivity index (χ3v) is 6.87. The maximum Gasteiger partial charge on any atom is 0.221 e. The molecule has 0 saturated carbocycles. The lowest BCUT2D eigenvalue weighted by Crippen LogP contribution is -2.50. The number of piperidine rings is 1. The van der Waals surface area contributed by atoms with E-state index in [1.165, 1.54) is 0 Å². The number of hydrogen-bond acceptors (Lipinski definition) is 5. The highest BCUT2D eigenvalue weighted by atomic mass is 35.5. The molecule has 1 fully saturated rings. The van der Waals surface area contributed by atoms with Crippen LogP contribution in [0.5, 0.6) is 0 Å². The van der Waals surface area contributed by atoms with E-state index in [0.29, 0.717) is 26.1 Å². The molecule has 0 spiro atoms. The van der Waals surface area contributed by atoms with Crippen LogP contribution in [0.1, 0.15) is 30.6 Å². The van der Waals surface area contributed by atoms with E-state index >= 15 is 0 Å². The predicted molar refractivity (Wildman–Crippen MR) is 100 cm³/mol. The first-order chi connectivity index (χ1) is 11.0. The van der Waals surface area contributed by atoms with Gasteiger partial charge in [0.2, 0.25) is 15.9 Å². The van der Waals surface area contributed by atoms with Gasteiger partial charge >= 0.3 is 0 Å². The van der Waals surface area contributed by atoms with Crippen LogP contribution in [-0.4, -0.2) is 50.1 Å². The van der Waals surface area contributed by atoms with Crippen LogP contribution >= 0.6 is 23.7 Å². The number of carbonyl (C=O) groups excluding carboxylic acids is 1. The molecule has 1 aliphatic rings. The Labute approximate surface area is 154 Å². The molecule has 1 aromatic heterocycles. The molecule has 1 aliphatic heterocycles. The van der Waals surface area contributed by atoms with Crippen molar-refractivity contribution < 1.29 is 13.2 Å². The van der Waals surface area contributed by atoms with Crippen molar-refractivity contribution >= 4 is 39.7 Å². The molecule has 0 bridgehead atoms. The summed E-state index contributed by atoms with van der Waals surface area (Å²) in [4.78, 5) is 12.6. The van der Waals surface area contributed by atoms with E-state index < -0.39 is 10.0 Å². The molecule has 2 rings (SSSR count). The Morgan fingerprint density at radius 2 is 2.21 bits per heavy atom. The first kappa shape index (κ1) is 21.4. The second-order valence-corrected chi connectivity index (χ2v) is 8.82. The summed E-state index contributed by atoms with van der Waals surface area (Å²) in [5.74, 6) is 0.00909. The molecule has 1 unspecified atom stereocenters. The van der Waals surface area contributed by atoms with Gasteiger partial charge in [-0.05, 0) is 30.7 Å². The minimum absolute atomic E-state index is 0. The lowest BCUT2D eigenvalue weighted by Gasteiger charge is -2.34. The number of carbonyl (C=O) groups is 1. The Morgan fingerprint density at radius 3 is 2.88 bits per heavy atom. The van der Waals surface area contributed by atoms with Gasteiger partial charge in [-0.2, -0.15) is 4.31 Å². The fourth-order valence-electron chi connectivity index (χ4n) is 2.80. The highest BCUT2D eigenvalue weighted by Gasteiger charge is 2.32. The van der Waals surface area contributed by atoms with Gasteiger partial charge in [-0.25, -0.2) is 8.42 Å². The normalized spacial score (nSPS) is 18.8. The first-order valence-electron chi connectivity index (χ1n) is 8.01. The molecule has 1 aromatic rings. The number of halogens is 1. The van der Waals surface area contributed by atoms with Crippen molar-refractivity contribution in [2.45, 2.75) is 38.1 Å². The molecule has 24 heavy (non-hydrogen) atoms. The number of thiophene rings is 1. The molecule has 0 aliphatic carbocycles. The molecule has 1 amide bonds. The topological polar surface area (TPSA) is 92.5 Å². The highest BCUT2D eigenvalue weighted by Crippen LogP contribution is 2.21. The SMILES string of the molecule is Cl.NCCC(=O)NCC1CCCCN1S(=O)(=O)CCc1cccs1. The molecule has 6 nitrogen and oxygen atoms in total. The number of hydrogen-bond donors (Lipinski definition) is 2. The Bertz CT molecular complexity index is 593. The molecule has 1 saturated heterocycles. The number of amides is 1. The summed E-state index contributed by atoms with van der Waals surface area (Å²) in [5, 5.41) is 4.76. The van der Waals surface area contributed by atoms with E-state index in [4.69, 9.17) is 5.73 Å². The molecule has 0 aromatic carbocycles. The van der Waals surface area contributed by atoms with Gasteiger partial charge in [-0.15, -0.1) is 23.7 Å². The monoisotopic (exact) mass is 395 g/mol. The summed E-state index contributed by atoms with van der Waals surface area (Å²) < 4.78 is 26.9. The van der Waals surface area contributed by atoms with Crippen LogP contribution in [0.25, 0.3) is 0 Å². The lowest BCUT2D eigenvalue weighted by atomic mass is 10.1. The van der Waals surface area contributed by atoms with E-state index in [2.05, 4.69) is 5.32 Å². The standard InChI is InChI=1S/C15H25N3O3S2.ClH/c16-8-6-15(19)17-12-13-4-1-2-9-18(13)23(20,21)11-7-14-5-3-10-22-14;/h3,5,10,13H,1-2,4,6-9,11-12,16H2,(H,17,19);1H. The highest BCUT2D eigenvalue weighted by molar-refractivity contribution is 7.89. The molecule has 2 heterocycles. The summed E-state index contributed by atoms with van der Waals surface area (Å²) in [5.41, 5.74) is 5.35. The van der Waals surface area contributed by atoms with Crippen LogP contribution in [0.4, 0.5) is 0 Å². The van der Waals surface area contributed by atoms with Crippen LogP contribution < -0.4 is 11.1 Å². The van der Waals surface area contributed by atoms with Gasteiger partial charge in [0.1, 0.15) is 0 Å². The summed E-state index contributed by atoms with van der Waals surface area (Å²) in [6, 6.07) is 3.75. The molecular formula is C15H26ClN3O3S2. The van der Waals surface area contributed by atoms with Crippen LogP contribution in [0.2, 0.25) is 0 Å². The Balaban J connectivity index is 0.00000288. The van der Waals surface area contributed by atoms with Gasteiger partial charge < -0.3 is 11.1 Å². The Morgan fingerprint density at radius 1 is 1.42 bits per heavy atom. The quantitative estimate of drug-likeness (QED) is 0.695. The molecule has 3 N–H and O–H groups in total. The van der Waals surface area contributed by atoms with Crippen LogP contribution in [0, 0.1) is 0 Å². The second kappa shape index (κ2) is 10.4. The largest absolute Gasteiger partial charge is 0.354 e. The van der Waals surface area contributed by atoms with Crippen molar-refractivity contribution in [2.75, 3.05) is 25.4 Å². The minimum atomic E-state index is -3.30. The van der Waals surface area contributed by atoms with Gasteiger partial charge in [0.15, 0.2) is 0 Å². The van der Waals surface area contributed by atoms with Gasteiger partial charge in [0.25, 0.3) is 0 Å². The van der Waals surface area contributed by atoms with Crippen molar-refractivity contribution in [3.63, 3.8) is 0 Å². The number of rotatable bonds is 8. The van der Waals surface area contributed by atoms with E-state index in [1.54, 1.807) is 15.6 Å². The number of nitrogens with two attached hydrogens (primary N) is 1. The first-order valence-corrected chi connectivity index (χ1v) is 10.5. The van der Waals surface area contributed by atoms with Crippen LogP contribution in [-0.2, 0) is 21.2 Å². The lowest BCUT2D eigenvalue weighted by molar-refractivity contribution is -0.121. The van der Waals surface area contributed by atoms with E-state index in [-0.39, 0.29) is 36.5 Å². The Hall–Kier alpha value is -0.670.